The monoisotopic (exact) mass is 465 g/mol. The Kier molecular flexibility index (Phi) is 6.60. The van der Waals surface area contributed by atoms with Crippen LogP contribution < -0.4 is 16.0 Å². The summed E-state index contributed by atoms with van der Waals surface area (Å²) in [6.07, 6.45) is 3.69. The molecule has 178 valence electrons. The van der Waals surface area contributed by atoms with Gasteiger partial charge < -0.3 is 16.0 Å². The van der Waals surface area contributed by atoms with Gasteiger partial charge in [0.2, 0.25) is 0 Å². The highest BCUT2D eigenvalue weighted by atomic mass is 19.4. The molecule has 1 aliphatic carbocycles. The van der Waals surface area contributed by atoms with Crippen molar-refractivity contribution in [3.63, 3.8) is 0 Å². The number of rotatable bonds is 7. The van der Waals surface area contributed by atoms with Crippen LogP contribution in [0.15, 0.2) is 102 Å². The highest BCUT2D eigenvalue weighted by Crippen LogP contribution is 2.46. The van der Waals surface area contributed by atoms with Crippen LogP contribution in [0.5, 0.6) is 0 Å². The van der Waals surface area contributed by atoms with Gasteiger partial charge in [-0.1, -0.05) is 74.2 Å². The fraction of sp³-hybridized carbons (Fsp3) is 0.286. The average Bonchev–Trinajstić information content (AvgIpc) is 3.30. The summed E-state index contributed by atoms with van der Waals surface area (Å²) in [5.74, 6) is 0. The Labute approximate surface area is 199 Å². The number of allylic oxidation sites excluding steroid dienone is 3. The van der Waals surface area contributed by atoms with Crippen LogP contribution in [0, 0.1) is 5.41 Å². The number of nitrogens with one attached hydrogen (secondary N) is 3. The van der Waals surface area contributed by atoms with Crippen molar-refractivity contribution in [1.82, 2.24) is 16.0 Å². The SMILES string of the molecule is C=C(NCc1ccccc1C(F)(F)F)C1=C(C2(C)C=CC(NC)=CC2)CC(c2ccccc2)N1. The van der Waals surface area contributed by atoms with Gasteiger partial charge in [0.25, 0.3) is 0 Å². The highest BCUT2D eigenvalue weighted by molar-refractivity contribution is 5.45. The molecule has 2 aromatic carbocycles. The lowest BCUT2D eigenvalue weighted by atomic mass is 9.74. The molecule has 3 N–H and O–H groups in total. The average molecular weight is 466 g/mol. The Bertz CT molecular complexity index is 1140. The summed E-state index contributed by atoms with van der Waals surface area (Å²) in [5, 5.41) is 9.95. The van der Waals surface area contributed by atoms with Gasteiger partial charge in [-0.15, -0.1) is 0 Å². The lowest BCUT2D eigenvalue weighted by Gasteiger charge is -2.31. The van der Waals surface area contributed by atoms with Crippen molar-refractivity contribution in [3.8, 4) is 0 Å². The molecule has 0 saturated heterocycles. The maximum absolute atomic E-state index is 13.4. The smallest absolute Gasteiger partial charge is 0.388 e. The van der Waals surface area contributed by atoms with E-state index in [0.717, 1.165) is 30.3 Å². The van der Waals surface area contributed by atoms with Gasteiger partial charge in [0.15, 0.2) is 0 Å². The van der Waals surface area contributed by atoms with Crippen LogP contribution in [-0.2, 0) is 12.7 Å². The molecule has 0 spiro atoms. The van der Waals surface area contributed by atoms with Crippen LogP contribution in [-0.4, -0.2) is 7.05 Å². The summed E-state index contributed by atoms with van der Waals surface area (Å²) in [6.45, 7) is 6.45. The van der Waals surface area contributed by atoms with Crippen LogP contribution in [0.25, 0.3) is 0 Å². The third-order valence-electron chi connectivity index (χ3n) is 6.70. The number of alkyl halides is 3. The first-order valence-electron chi connectivity index (χ1n) is 11.4. The molecule has 1 aliphatic heterocycles. The third kappa shape index (κ3) is 4.91. The molecule has 0 saturated carbocycles. The highest BCUT2D eigenvalue weighted by Gasteiger charge is 2.37. The Morgan fingerprint density at radius 1 is 1.12 bits per heavy atom. The van der Waals surface area contributed by atoms with E-state index in [1.807, 2.05) is 25.2 Å². The van der Waals surface area contributed by atoms with Gasteiger partial charge in [0.1, 0.15) is 0 Å². The maximum Gasteiger partial charge on any atom is 0.416 e. The zero-order valence-corrected chi connectivity index (χ0v) is 19.5. The van der Waals surface area contributed by atoms with Gasteiger partial charge in [-0.25, -0.2) is 0 Å². The molecular formula is C28H30F3N3. The van der Waals surface area contributed by atoms with Crippen LogP contribution in [0.3, 0.4) is 0 Å². The van der Waals surface area contributed by atoms with Crippen molar-refractivity contribution < 1.29 is 13.2 Å². The summed E-state index contributed by atoms with van der Waals surface area (Å²) >= 11 is 0. The van der Waals surface area contributed by atoms with E-state index in [0.29, 0.717) is 5.70 Å². The summed E-state index contributed by atoms with van der Waals surface area (Å²) < 4.78 is 40.3. The molecule has 0 radical (unpaired) electrons. The topological polar surface area (TPSA) is 36.1 Å². The molecule has 2 unspecified atom stereocenters. The zero-order valence-electron chi connectivity index (χ0n) is 19.5. The minimum absolute atomic E-state index is 0.0410. The molecule has 0 amide bonds. The van der Waals surface area contributed by atoms with Crippen LogP contribution in [0.2, 0.25) is 0 Å². The predicted octanol–water partition coefficient (Wildman–Crippen LogP) is 6.37. The summed E-state index contributed by atoms with van der Waals surface area (Å²) in [6, 6.07) is 15.9. The first-order valence-corrected chi connectivity index (χ1v) is 11.4. The molecule has 6 heteroatoms. The van der Waals surface area contributed by atoms with Gasteiger partial charge >= 0.3 is 6.18 Å². The van der Waals surface area contributed by atoms with Crippen molar-refractivity contribution in [2.45, 2.75) is 38.5 Å². The minimum atomic E-state index is -4.40. The van der Waals surface area contributed by atoms with Crippen LogP contribution in [0.4, 0.5) is 13.2 Å². The van der Waals surface area contributed by atoms with E-state index in [4.69, 9.17) is 0 Å². The van der Waals surface area contributed by atoms with Gasteiger partial charge in [0.05, 0.1) is 23.0 Å². The van der Waals surface area contributed by atoms with E-state index >= 15 is 0 Å². The second-order valence-corrected chi connectivity index (χ2v) is 9.02. The van der Waals surface area contributed by atoms with Crippen LogP contribution in [0.1, 0.15) is 42.5 Å². The summed E-state index contributed by atoms with van der Waals surface area (Å²) in [5.41, 5.74) is 4.27. The molecule has 0 bridgehead atoms. The maximum atomic E-state index is 13.4. The predicted molar refractivity (Wildman–Crippen MR) is 130 cm³/mol. The Balaban J connectivity index is 1.61. The van der Waals surface area contributed by atoms with Gasteiger partial charge in [0, 0.05) is 24.7 Å². The molecule has 0 fully saturated rings. The second-order valence-electron chi connectivity index (χ2n) is 9.02. The molecule has 34 heavy (non-hydrogen) atoms. The molecule has 4 rings (SSSR count). The van der Waals surface area contributed by atoms with Gasteiger partial charge in [-0.3, -0.25) is 0 Å². The van der Waals surface area contributed by atoms with E-state index in [1.54, 1.807) is 6.07 Å². The second kappa shape index (κ2) is 9.45. The molecular weight excluding hydrogens is 435 g/mol. The lowest BCUT2D eigenvalue weighted by molar-refractivity contribution is -0.138. The van der Waals surface area contributed by atoms with Crippen molar-refractivity contribution in [3.05, 3.63) is 119 Å². The van der Waals surface area contributed by atoms with Gasteiger partial charge in [-0.05, 0) is 41.7 Å². The van der Waals surface area contributed by atoms with E-state index in [-0.39, 0.29) is 23.6 Å². The third-order valence-corrected chi connectivity index (χ3v) is 6.70. The number of hydrogen-bond acceptors (Lipinski definition) is 3. The van der Waals surface area contributed by atoms with E-state index < -0.39 is 11.7 Å². The van der Waals surface area contributed by atoms with Crippen molar-refractivity contribution in [2.75, 3.05) is 7.05 Å². The fourth-order valence-electron chi connectivity index (χ4n) is 4.68. The van der Waals surface area contributed by atoms with E-state index in [2.05, 4.69) is 59.8 Å². The fourth-order valence-corrected chi connectivity index (χ4v) is 4.68. The van der Waals surface area contributed by atoms with E-state index in [9.17, 15) is 13.2 Å². The minimum Gasteiger partial charge on any atom is -0.388 e. The summed E-state index contributed by atoms with van der Waals surface area (Å²) in [7, 11) is 1.90. The first kappa shape index (κ1) is 23.7. The Hall–Kier alpha value is -3.41. The quantitative estimate of drug-likeness (QED) is 0.445. The van der Waals surface area contributed by atoms with Crippen molar-refractivity contribution in [1.29, 1.82) is 0 Å². The zero-order chi connectivity index (χ0) is 24.3. The number of benzene rings is 2. The first-order chi connectivity index (χ1) is 16.2. The molecule has 1 heterocycles. The standard InChI is InChI=1S/C28H30F3N3/c1-19(33-18-21-11-7-8-12-23(21)28(29,30)31)26-24(27(2)15-13-22(32-3)14-16-27)17-25(34-26)20-9-5-4-6-10-20/h4-15,25,32-34H,1,16-18H2,2-3H3. The number of halogens is 3. The van der Waals surface area contributed by atoms with E-state index in [1.165, 1.54) is 23.3 Å². The Morgan fingerprint density at radius 3 is 2.47 bits per heavy atom. The molecule has 0 aromatic heterocycles. The normalized spacial score (nSPS) is 22.3. The van der Waals surface area contributed by atoms with Crippen molar-refractivity contribution in [2.24, 2.45) is 5.41 Å². The Morgan fingerprint density at radius 2 is 1.82 bits per heavy atom. The molecule has 2 aromatic rings. The van der Waals surface area contributed by atoms with Gasteiger partial charge in [-0.2, -0.15) is 13.2 Å². The molecule has 3 nitrogen and oxygen atoms in total. The number of likely N-dealkylation sites (N-methyl/N-ethyl adjacent to an activating group) is 1. The molecule has 2 atom stereocenters. The van der Waals surface area contributed by atoms with Crippen LogP contribution >= 0.6 is 0 Å². The lowest BCUT2D eigenvalue weighted by Crippen LogP contribution is -2.25. The van der Waals surface area contributed by atoms with Crippen molar-refractivity contribution >= 4 is 0 Å². The molecule has 2 aliphatic rings. The largest absolute Gasteiger partial charge is 0.416 e. The summed E-state index contributed by atoms with van der Waals surface area (Å²) in [4.78, 5) is 0. The number of hydrogen-bond donors (Lipinski definition) is 3.